The molecule has 2 aromatic carbocycles. The van der Waals surface area contributed by atoms with Gasteiger partial charge < -0.3 is 25.0 Å². The van der Waals surface area contributed by atoms with Crippen LogP contribution in [0.1, 0.15) is 77.8 Å². The van der Waals surface area contributed by atoms with Gasteiger partial charge in [0, 0.05) is 30.3 Å². The second-order valence-electron chi connectivity index (χ2n) is 15.9. The summed E-state index contributed by atoms with van der Waals surface area (Å²) < 4.78 is 90.6. The number of amides is 4. The predicted octanol–water partition coefficient (Wildman–Crippen LogP) is 5.20. The number of alkyl halides is 3. The quantitative estimate of drug-likeness (QED) is 0.231. The highest BCUT2D eigenvalue weighted by atomic mass is 32.2. The minimum absolute atomic E-state index is 0.0485. The Labute approximate surface area is 322 Å². The normalized spacial score (nSPS) is 24.9. The number of fused-ring (bicyclic) bond motifs is 1. The summed E-state index contributed by atoms with van der Waals surface area (Å²) in [6.07, 6.45) is -5.62. The van der Waals surface area contributed by atoms with Gasteiger partial charge in [0.25, 0.3) is 5.91 Å². The van der Waals surface area contributed by atoms with Gasteiger partial charge in [0.1, 0.15) is 35.3 Å². The molecule has 18 heteroatoms. The summed E-state index contributed by atoms with van der Waals surface area (Å²) in [4.78, 5) is 58.6. The first-order valence-corrected chi connectivity index (χ1v) is 20.2. The minimum Gasteiger partial charge on any atom is -0.444 e. The number of hydrogen-bond acceptors (Lipinski definition) is 9. The van der Waals surface area contributed by atoms with Gasteiger partial charge >= 0.3 is 12.5 Å². The standard InChI is InChI=1S/C38H47F4N5O8S/c1-6-24-17-37(24,34(50)45-56(52,53)36(5)13-14-36)44-32(48)30-16-27(54-35(51)46-18-23-9-7-12-29(39)28(23)20-46)19-47(30)33(49)31(22(4)21(2)3)43-25-10-8-11-26(15-25)55-38(40,41)42/h7-12,15,21-22,24,27,30-31,43H,6,13-14,16-20H2,1-5H3,(H,44,48)(H,45,50). The van der Waals surface area contributed by atoms with Gasteiger partial charge in [0.15, 0.2) is 0 Å². The third-order valence-corrected chi connectivity index (χ3v) is 13.9. The lowest BCUT2D eigenvalue weighted by molar-refractivity contribution is -0.274. The van der Waals surface area contributed by atoms with Gasteiger partial charge in [-0.3, -0.25) is 24.0 Å². The van der Waals surface area contributed by atoms with E-state index in [-0.39, 0.29) is 44.1 Å². The van der Waals surface area contributed by atoms with Crippen molar-refractivity contribution in [3.63, 3.8) is 0 Å². The van der Waals surface area contributed by atoms with E-state index < -0.39 is 92.1 Å². The fourth-order valence-electron chi connectivity index (χ4n) is 7.44. The van der Waals surface area contributed by atoms with E-state index in [2.05, 4.69) is 20.1 Å². The van der Waals surface area contributed by atoms with Crippen molar-refractivity contribution >= 4 is 39.5 Å². The number of carbonyl (C=O) groups is 4. The molecule has 4 amide bonds. The van der Waals surface area contributed by atoms with Crippen LogP contribution >= 0.6 is 0 Å². The summed E-state index contributed by atoms with van der Waals surface area (Å²) in [6, 6.07) is 7.08. The van der Waals surface area contributed by atoms with E-state index in [1.807, 2.05) is 13.8 Å². The zero-order chi connectivity index (χ0) is 41.0. The number of anilines is 1. The van der Waals surface area contributed by atoms with Crippen LogP contribution < -0.4 is 20.1 Å². The van der Waals surface area contributed by atoms with E-state index >= 15 is 0 Å². The molecule has 2 aromatic rings. The highest BCUT2D eigenvalue weighted by molar-refractivity contribution is 7.91. The van der Waals surface area contributed by atoms with Gasteiger partial charge in [0.2, 0.25) is 21.8 Å². The van der Waals surface area contributed by atoms with Crippen LogP contribution in [0.3, 0.4) is 0 Å². The van der Waals surface area contributed by atoms with Gasteiger partial charge in [0.05, 0.1) is 17.8 Å². The van der Waals surface area contributed by atoms with E-state index in [0.717, 1.165) is 12.1 Å². The highest BCUT2D eigenvalue weighted by Gasteiger charge is 2.63. The number of hydrogen-bond donors (Lipinski definition) is 3. The van der Waals surface area contributed by atoms with Gasteiger partial charge in [-0.25, -0.2) is 17.6 Å². The number of ether oxygens (including phenoxy) is 2. The zero-order valence-electron chi connectivity index (χ0n) is 31.7. The monoisotopic (exact) mass is 809 g/mol. The van der Waals surface area contributed by atoms with E-state index in [0.29, 0.717) is 30.4 Å². The van der Waals surface area contributed by atoms with E-state index in [1.54, 1.807) is 19.9 Å². The molecule has 0 spiro atoms. The van der Waals surface area contributed by atoms with Crippen LogP contribution in [-0.2, 0) is 42.2 Å². The zero-order valence-corrected chi connectivity index (χ0v) is 32.6. The number of nitrogens with one attached hydrogen (secondary N) is 3. The average molecular weight is 810 g/mol. The maximum absolute atomic E-state index is 14.7. The number of carbonyl (C=O) groups excluding carboxylic acids is 4. The van der Waals surface area contributed by atoms with Gasteiger partial charge in [-0.15, -0.1) is 13.2 Å². The Balaban J connectivity index is 1.26. The summed E-state index contributed by atoms with van der Waals surface area (Å²) in [5.41, 5.74) is -0.477. The lowest BCUT2D eigenvalue weighted by Crippen LogP contribution is -2.58. The van der Waals surface area contributed by atoms with E-state index in [4.69, 9.17) is 4.74 Å². The molecule has 2 aliphatic carbocycles. The molecule has 306 valence electrons. The molecule has 3 N–H and O–H groups in total. The molecule has 0 bridgehead atoms. The molecular formula is C38H47F4N5O8S. The molecule has 0 aromatic heterocycles. The molecule has 6 unspecified atom stereocenters. The second-order valence-corrected chi connectivity index (χ2v) is 18.1. The maximum atomic E-state index is 14.7. The average Bonchev–Trinajstić information content (AvgIpc) is 3.92. The summed E-state index contributed by atoms with van der Waals surface area (Å²) >= 11 is 0. The van der Waals surface area contributed by atoms with Crippen molar-refractivity contribution in [3.8, 4) is 5.75 Å². The first-order valence-electron chi connectivity index (χ1n) is 18.7. The molecule has 2 heterocycles. The summed E-state index contributed by atoms with van der Waals surface area (Å²) in [5.74, 6) is -4.27. The summed E-state index contributed by atoms with van der Waals surface area (Å²) in [7, 11) is -4.05. The van der Waals surface area contributed by atoms with Gasteiger partial charge in [-0.2, -0.15) is 0 Å². The van der Waals surface area contributed by atoms with Crippen LogP contribution in [0.5, 0.6) is 5.75 Å². The lowest BCUT2D eigenvalue weighted by Gasteiger charge is -2.34. The van der Waals surface area contributed by atoms with Crippen molar-refractivity contribution < 1.29 is 54.6 Å². The van der Waals surface area contributed by atoms with Crippen molar-refractivity contribution in [1.29, 1.82) is 0 Å². The molecule has 2 aliphatic heterocycles. The molecule has 3 fully saturated rings. The number of rotatable bonds is 13. The Morgan fingerprint density at radius 2 is 1.73 bits per heavy atom. The molecule has 2 saturated carbocycles. The number of nitrogens with zero attached hydrogens (tertiary/aromatic N) is 2. The Bertz CT molecular complexity index is 1990. The van der Waals surface area contributed by atoms with Crippen molar-refractivity contribution in [1.82, 2.24) is 19.8 Å². The third-order valence-electron chi connectivity index (χ3n) is 11.7. The smallest absolute Gasteiger partial charge is 0.444 e. The Hall–Kier alpha value is -4.61. The number of sulfonamides is 1. The lowest BCUT2D eigenvalue weighted by atomic mass is 9.89. The molecule has 6 atom stereocenters. The van der Waals surface area contributed by atoms with Crippen LogP contribution in [0, 0.1) is 23.6 Å². The largest absolute Gasteiger partial charge is 0.573 e. The van der Waals surface area contributed by atoms with Crippen LogP contribution in [0.15, 0.2) is 42.5 Å². The van der Waals surface area contributed by atoms with Crippen LogP contribution in [-0.4, -0.2) is 83.4 Å². The molecular weight excluding hydrogens is 763 g/mol. The molecule has 1 saturated heterocycles. The van der Waals surface area contributed by atoms with Crippen LogP contribution in [0.25, 0.3) is 0 Å². The van der Waals surface area contributed by atoms with Crippen molar-refractivity contribution in [2.45, 2.75) is 115 Å². The molecule has 56 heavy (non-hydrogen) atoms. The fourth-order valence-corrected chi connectivity index (χ4v) is 8.75. The van der Waals surface area contributed by atoms with Crippen LogP contribution in [0.4, 0.5) is 28.0 Å². The fraction of sp³-hybridized carbons (Fsp3) is 0.579. The SMILES string of the molecule is CCC1CC1(NC(=O)C1CC(OC(=O)N2Cc3cccc(F)c3C2)CN1C(=O)C(Nc1cccc(OC(F)(F)F)c1)C(C)C(C)C)C(=O)NS(=O)(=O)C1(C)CC1. The minimum atomic E-state index is -4.96. The number of halogens is 4. The Morgan fingerprint density at radius 1 is 1.04 bits per heavy atom. The van der Waals surface area contributed by atoms with Crippen LogP contribution in [0.2, 0.25) is 0 Å². The van der Waals surface area contributed by atoms with Gasteiger partial charge in [-0.1, -0.05) is 52.3 Å². The topological polar surface area (TPSA) is 163 Å². The first-order chi connectivity index (χ1) is 26.2. The third kappa shape index (κ3) is 8.39. The molecule has 6 rings (SSSR count). The second kappa shape index (κ2) is 15.0. The maximum Gasteiger partial charge on any atom is 0.573 e. The Kier molecular flexibility index (Phi) is 11.0. The van der Waals surface area contributed by atoms with Crippen molar-refractivity contribution in [3.05, 3.63) is 59.4 Å². The summed E-state index contributed by atoms with van der Waals surface area (Å²) in [5, 5.41) is 5.79. The first kappa shape index (κ1) is 41.0. The van der Waals surface area contributed by atoms with Crippen molar-refractivity contribution in [2.24, 2.45) is 17.8 Å². The predicted molar refractivity (Wildman–Crippen MR) is 195 cm³/mol. The highest BCUT2D eigenvalue weighted by Crippen LogP contribution is 2.48. The van der Waals surface area contributed by atoms with Gasteiger partial charge in [-0.05, 0) is 67.7 Å². The molecule has 4 aliphatic rings. The molecule has 13 nitrogen and oxygen atoms in total. The van der Waals surface area contributed by atoms with E-state index in [1.165, 1.54) is 41.0 Å². The van der Waals surface area contributed by atoms with Crippen molar-refractivity contribution in [2.75, 3.05) is 11.9 Å². The van der Waals surface area contributed by atoms with E-state index in [9.17, 15) is 45.2 Å². The number of likely N-dealkylation sites (tertiary alicyclic amines) is 1. The summed E-state index contributed by atoms with van der Waals surface area (Å²) in [6.45, 7) is 8.56. The number of benzene rings is 2. The Morgan fingerprint density at radius 3 is 2.34 bits per heavy atom. The molecule has 0 radical (unpaired) electrons.